The number of halogens is 1. The molecule has 1 fully saturated rings. The van der Waals surface area contributed by atoms with Crippen LogP contribution in [0.3, 0.4) is 0 Å². The van der Waals surface area contributed by atoms with Gasteiger partial charge in [-0.05, 0) is 47.0 Å². The number of benzene rings is 1. The summed E-state index contributed by atoms with van der Waals surface area (Å²) in [6, 6.07) is 9.51. The lowest BCUT2D eigenvalue weighted by atomic mass is 10.0. The lowest BCUT2D eigenvalue weighted by Crippen LogP contribution is -2.20. The smallest absolute Gasteiger partial charge is 0.315 e. The SMILES string of the molecule is O=C(O)C1(c2ccn(-c3ccccc3Br)n2)CC1. The number of carboxylic acid groups (broad SMARTS) is 1. The maximum atomic E-state index is 11.2. The van der Waals surface area contributed by atoms with Crippen LogP contribution in [-0.2, 0) is 10.2 Å². The fourth-order valence-corrected chi connectivity index (χ4v) is 2.52. The molecule has 5 heteroatoms. The molecule has 0 amide bonds. The molecule has 3 rings (SSSR count). The predicted molar refractivity (Wildman–Crippen MR) is 69.8 cm³/mol. The molecule has 0 unspecified atom stereocenters. The summed E-state index contributed by atoms with van der Waals surface area (Å²) >= 11 is 3.46. The zero-order valence-electron chi connectivity index (χ0n) is 9.51. The third kappa shape index (κ3) is 1.66. The zero-order chi connectivity index (χ0) is 12.8. The summed E-state index contributed by atoms with van der Waals surface area (Å²) in [6.07, 6.45) is 3.16. The molecule has 1 aromatic heterocycles. The van der Waals surface area contributed by atoms with Crippen molar-refractivity contribution in [3.63, 3.8) is 0 Å². The molecule has 92 valence electrons. The topological polar surface area (TPSA) is 55.1 Å². The number of aliphatic carboxylic acids is 1. The molecular weight excluding hydrogens is 296 g/mol. The highest BCUT2D eigenvalue weighted by Gasteiger charge is 2.53. The van der Waals surface area contributed by atoms with Gasteiger partial charge in [0.2, 0.25) is 0 Å². The van der Waals surface area contributed by atoms with Crippen molar-refractivity contribution in [1.82, 2.24) is 9.78 Å². The molecule has 1 aliphatic rings. The molecule has 18 heavy (non-hydrogen) atoms. The molecule has 0 aliphatic heterocycles. The quantitative estimate of drug-likeness (QED) is 0.948. The minimum absolute atomic E-state index is 0.644. The van der Waals surface area contributed by atoms with Gasteiger partial charge in [0.25, 0.3) is 0 Å². The van der Waals surface area contributed by atoms with Crippen molar-refractivity contribution in [1.29, 1.82) is 0 Å². The summed E-state index contributed by atoms with van der Waals surface area (Å²) < 4.78 is 2.64. The van der Waals surface area contributed by atoms with Crippen molar-refractivity contribution in [2.75, 3.05) is 0 Å². The minimum atomic E-state index is -0.778. The Hall–Kier alpha value is -1.62. The summed E-state index contributed by atoms with van der Waals surface area (Å²) in [4.78, 5) is 11.2. The van der Waals surface area contributed by atoms with E-state index in [0.717, 1.165) is 10.2 Å². The van der Waals surface area contributed by atoms with Crippen LogP contribution in [0.1, 0.15) is 18.5 Å². The third-order valence-corrected chi connectivity index (χ3v) is 4.01. The van der Waals surface area contributed by atoms with E-state index >= 15 is 0 Å². The van der Waals surface area contributed by atoms with Crippen LogP contribution in [0.25, 0.3) is 5.69 Å². The van der Waals surface area contributed by atoms with Crippen LogP contribution >= 0.6 is 15.9 Å². The molecule has 2 aromatic rings. The molecule has 1 N–H and O–H groups in total. The Kier molecular flexibility index (Phi) is 2.52. The number of carbonyl (C=O) groups is 1. The fourth-order valence-electron chi connectivity index (χ4n) is 2.06. The van der Waals surface area contributed by atoms with E-state index in [1.54, 1.807) is 16.9 Å². The van der Waals surface area contributed by atoms with Crippen LogP contribution in [0.4, 0.5) is 0 Å². The van der Waals surface area contributed by atoms with Crippen molar-refractivity contribution in [2.45, 2.75) is 18.3 Å². The number of aromatic nitrogens is 2. The fraction of sp³-hybridized carbons (Fsp3) is 0.231. The van der Waals surface area contributed by atoms with E-state index in [4.69, 9.17) is 0 Å². The monoisotopic (exact) mass is 306 g/mol. The normalized spacial score (nSPS) is 16.5. The second kappa shape index (κ2) is 3.95. The molecule has 0 saturated heterocycles. The average molecular weight is 307 g/mol. The molecular formula is C13H11BrN2O2. The van der Waals surface area contributed by atoms with E-state index in [1.807, 2.05) is 24.3 Å². The van der Waals surface area contributed by atoms with Crippen LogP contribution < -0.4 is 0 Å². The minimum Gasteiger partial charge on any atom is -0.481 e. The molecule has 0 atom stereocenters. The Labute approximate surface area is 112 Å². The van der Waals surface area contributed by atoms with E-state index < -0.39 is 11.4 Å². The second-order valence-corrected chi connectivity index (χ2v) is 5.34. The summed E-state index contributed by atoms with van der Waals surface area (Å²) in [5.41, 5.74) is 0.808. The van der Waals surface area contributed by atoms with Gasteiger partial charge in [0.05, 0.1) is 11.4 Å². The van der Waals surface area contributed by atoms with E-state index in [-0.39, 0.29) is 0 Å². The van der Waals surface area contributed by atoms with E-state index in [2.05, 4.69) is 21.0 Å². The van der Waals surface area contributed by atoms with Crippen molar-refractivity contribution in [3.8, 4) is 5.69 Å². The number of nitrogens with zero attached hydrogens (tertiary/aromatic N) is 2. The molecule has 1 saturated carbocycles. The molecule has 1 heterocycles. The van der Waals surface area contributed by atoms with Crippen molar-refractivity contribution < 1.29 is 9.90 Å². The first-order chi connectivity index (χ1) is 8.63. The number of hydrogen-bond donors (Lipinski definition) is 1. The lowest BCUT2D eigenvalue weighted by Gasteiger charge is -2.06. The summed E-state index contributed by atoms with van der Waals surface area (Å²) in [7, 11) is 0. The van der Waals surface area contributed by atoms with Crippen LogP contribution in [0.5, 0.6) is 0 Å². The molecule has 1 aliphatic carbocycles. The van der Waals surface area contributed by atoms with Crippen molar-refractivity contribution >= 4 is 21.9 Å². The van der Waals surface area contributed by atoms with Gasteiger partial charge in [-0.15, -0.1) is 0 Å². The Morgan fingerprint density at radius 1 is 1.33 bits per heavy atom. The van der Waals surface area contributed by atoms with Gasteiger partial charge in [-0.1, -0.05) is 12.1 Å². The van der Waals surface area contributed by atoms with Gasteiger partial charge in [-0.25, -0.2) is 4.68 Å². The van der Waals surface area contributed by atoms with Gasteiger partial charge in [-0.3, -0.25) is 4.79 Å². The highest BCUT2D eigenvalue weighted by Crippen LogP contribution is 2.47. The van der Waals surface area contributed by atoms with Gasteiger partial charge in [0.15, 0.2) is 0 Å². The molecule has 0 bridgehead atoms. The summed E-state index contributed by atoms with van der Waals surface area (Å²) in [6.45, 7) is 0. The van der Waals surface area contributed by atoms with E-state index in [9.17, 15) is 9.90 Å². The average Bonchev–Trinajstić information content (AvgIpc) is 3.03. The predicted octanol–water partition coefficient (Wildman–Crippen LogP) is 2.75. The lowest BCUT2D eigenvalue weighted by molar-refractivity contribution is -0.140. The van der Waals surface area contributed by atoms with Crippen LogP contribution in [0.15, 0.2) is 41.0 Å². The van der Waals surface area contributed by atoms with Gasteiger partial charge < -0.3 is 5.11 Å². The van der Waals surface area contributed by atoms with Crippen molar-refractivity contribution in [3.05, 3.63) is 46.7 Å². The highest BCUT2D eigenvalue weighted by molar-refractivity contribution is 9.10. The number of para-hydroxylation sites is 1. The Morgan fingerprint density at radius 2 is 2.06 bits per heavy atom. The molecule has 1 aromatic carbocycles. The number of carboxylic acids is 1. The molecule has 0 radical (unpaired) electrons. The van der Waals surface area contributed by atoms with Gasteiger partial charge in [0.1, 0.15) is 5.41 Å². The van der Waals surface area contributed by atoms with E-state index in [1.165, 1.54) is 0 Å². The largest absolute Gasteiger partial charge is 0.481 e. The first kappa shape index (κ1) is 11.5. The summed E-state index contributed by atoms with van der Waals surface area (Å²) in [5.74, 6) is -0.778. The maximum Gasteiger partial charge on any atom is 0.315 e. The first-order valence-corrected chi connectivity index (χ1v) is 6.47. The number of rotatable bonds is 3. The van der Waals surface area contributed by atoms with Crippen LogP contribution in [0.2, 0.25) is 0 Å². The van der Waals surface area contributed by atoms with E-state index in [0.29, 0.717) is 18.5 Å². The Morgan fingerprint density at radius 3 is 2.67 bits per heavy atom. The van der Waals surface area contributed by atoms with Crippen LogP contribution in [-0.4, -0.2) is 20.9 Å². The maximum absolute atomic E-state index is 11.2. The van der Waals surface area contributed by atoms with Crippen LogP contribution in [0, 0.1) is 0 Å². The van der Waals surface area contributed by atoms with Gasteiger partial charge >= 0.3 is 5.97 Å². The molecule has 0 spiro atoms. The number of hydrogen-bond acceptors (Lipinski definition) is 2. The van der Waals surface area contributed by atoms with Gasteiger partial charge in [0, 0.05) is 10.7 Å². The Balaban J connectivity index is 2.01. The van der Waals surface area contributed by atoms with Crippen molar-refractivity contribution in [2.24, 2.45) is 0 Å². The van der Waals surface area contributed by atoms with Gasteiger partial charge in [-0.2, -0.15) is 5.10 Å². The zero-order valence-corrected chi connectivity index (χ0v) is 11.1. The second-order valence-electron chi connectivity index (χ2n) is 4.48. The highest BCUT2D eigenvalue weighted by atomic mass is 79.9. The Bertz CT molecular complexity index is 617. The molecule has 4 nitrogen and oxygen atoms in total. The summed E-state index contributed by atoms with van der Waals surface area (Å²) in [5, 5.41) is 13.6. The first-order valence-electron chi connectivity index (χ1n) is 5.68. The third-order valence-electron chi connectivity index (χ3n) is 3.34. The standard InChI is InChI=1S/C13H11BrN2O2/c14-9-3-1-2-4-10(9)16-8-5-11(15-16)13(6-7-13)12(17)18/h1-5,8H,6-7H2,(H,17,18).